The van der Waals surface area contributed by atoms with Crippen molar-refractivity contribution in [1.82, 2.24) is 4.98 Å². The lowest BCUT2D eigenvalue weighted by Gasteiger charge is -2.28. The smallest absolute Gasteiger partial charge is 0.433 e. The number of rotatable bonds is 4. The summed E-state index contributed by atoms with van der Waals surface area (Å²) in [7, 11) is -3.01. The minimum Gasteiger partial charge on any atom is -0.465 e. The van der Waals surface area contributed by atoms with E-state index in [2.05, 4.69) is 25.7 Å². The van der Waals surface area contributed by atoms with Crippen molar-refractivity contribution in [3.05, 3.63) is 70.0 Å². The van der Waals surface area contributed by atoms with E-state index in [1.165, 1.54) is 31.4 Å². The van der Waals surface area contributed by atoms with E-state index in [4.69, 9.17) is 0 Å². The molecular formula is C20H15BrF3NO5S. The number of hydrogen-bond donors (Lipinski definition) is 0. The SMILES string of the molecule is COC(=O)c1ccc(Br)c(C2CC(=O)C=CC2S(=O)(=O)c2ccc(C(F)(F)F)nc2)c1. The molecule has 3 rings (SSSR count). The summed E-state index contributed by atoms with van der Waals surface area (Å²) in [6.45, 7) is 0. The summed E-state index contributed by atoms with van der Waals surface area (Å²) in [6.07, 6.45) is -1.88. The summed E-state index contributed by atoms with van der Waals surface area (Å²) >= 11 is 3.32. The number of ether oxygens (including phenoxy) is 1. The minimum absolute atomic E-state index is 0.162. The number of carbonyl (C=O) groups excluding carboxylic acids is 2. The number of esters is 1. The number of methoxy groups -OCH3 is 1. The third-order valence-corrected chi connectivity index (χ3v) is 7.64. The molecule has 1 aliphatic carbocycles. The number of ketones is 1. The quantitative estimate of drug-likeness (QED) is 0.567. The first-order valence-electron chi connectivity index (χ1n) is 8.81. The number of carbonyl (C=O) groups is 2. The molecule has 1 aliphatic rings. The van der Waals surface area contributed by atoms with Crippen LogP contribution in [0.2, 0.25) is 0 Å². The van der Waals surface area contributed by atoms with E-state index in [1.54, 1.807) is 0 Å². The predicted molar refractivity (Wildman–Crippen MR) is 107 cm³/mol. The lowest BCUT2D eigenvalue weighted by atomic mass is 9.86. The monoisotopic (exact) mass is 517 g/mol. The van der Waals surface area contributed by atoms with Gasteiger partial charge in [0.1, 0.15) is 5.69 Å². The Morgan fingerprint density at radius 1 is 1.23 bits per heavy atom. The fourth-order valence-electron chi connectivity index (χ4n) is 3.29. The highest BCUT2D eigenvalue weighted by Gasteiger charge is 2.39. The zero-order valence-corrected chi connectivity index (χ0v) is 18.3. The van der Waals surface area contributed by atoms with Gasteiger partial charge in [-0.1, -0.05) is 22.0 Å². The number of alkyl halides is 3. The van der Waals surface area contributed by atoms with Crippen molar-refractivity contribution < 1.29 is 35.9 Å². The molecule has 0 radical (unpaired) electrons. The van der Waals surface area contributed by atoms with Crippen molar-refractivity contribution in [1.29, 1.82) is 0 Å². The Morgan fingerprint density at radius 3 is 2.52 bits per heavy atom. The van der Waals surface area contributed by atoms with Gasteiger partial charge in [-0.05, 0) is 42.0 Å². The molecule has 0 fully saturated rings. The Balaban J connectivity index is 2.07. The second kappa shape index (κ2) is 8.54. The number of pyridine rings is 1. The van der Waals surface area contributed by atoms with E-state index >= 15 is 0 Å². The molecule has 1 aromatic carbocycles. The summed E-state index contributed by atoms with van der Waals surface area (Å²) < 4.78 is 69.9. The summed E-state index contributed by atoms with van der Waals surface area (Å²) in [5, 5.41) is -1.26. The number of benzene rings is 1. The predicted octanol–water partition coefficient (Wildman–Crippen LogP) is 4.10. The lowest BCUT2D eigenvalue weighted by Crippen LogP contribution is -2.32. The molecule has 0 amide bonds. The molecule has 11 heteroatoms. The third-order valence-electron chi connectivity index (χ3n) is 4.82. The van der Waals surface area contributed by atoms with Crippen LogP contribution in [0.4, 0.5) is 13.2 Å². The van der Waals surface area contributed by atoms with Crippen LogP contribution in [0.15, 0.2) is 58.0 Å². The first-order valence-corrected chi connectivity index (χ1v) is 11.1. The molecule has 164 valence electrons. The molecule has 2 atom stereocenters. The van der Waals surface area contributed by atoms with Crippen molar-refractivity contribution in [3.63, 3.8) is 0 Å². The Hall–Kier alpha value is -2.53. The first kappa shape index (κ1) is 23.1. The van der Waals surface area contributed by atoms with Crippen LogP contribution in [0.25, 0.3) is 0 Å². The number of nitrogens with zero attached hydrogens (tertiary/aromatic N) is 1. The molecule has 31 heavy (non-hydrogen) atoms. The highest BCUT2D eigenvalue weighted by atomic mass is 79.9. The van der Waals surface area contributed by atoms with E-state index in [9.17, 15) is 31.2 Å². The third kappa shape index (κ3) is 4.72. The van der Waals surface area contributed by atoms with Crippen LogP contribution >= 0.6 is 15.9 Å². The van der Waals surface area contributed by atoms with E-state index in [-0.39, 0.29) is 17.8 Å². The van der Waals surface area contributed by atoms with Crippen LogP contribution in [0, 0.1) is 0 Å². The molecule has 2 unspecified atom stereocenters. The molecule has 0 spiro atoms. The van der Waals surface area contributed by atoms with Gasteiger partial charge in [-0.15, -0.1) is 0 Å². The molecule has 2 aromatic rings. The largest absolute Gasteiger partial charge is 0.465 e. The molecule has 6 nitrogen and oxygen atoms in total. The Kier molecular flexibility index (Phi) is 6.38. The molecule has 0 saturated heterocycles. The highest BCUT2D eigenvalue weighted by Crippen LogP contribution is 2.39. The van der Waals surface area contributed by atoms with E-state index in [1.807, 2.05) is 0 Å². The fraction of sp³-hybridized carbons (Fsp3) is 0.250. The van der Waals surface area contributed by atoms with Crippen molar-refractivity contribution >= 4 is 37.5 Å². The van der Waals surface area contributed by atoms with Gasteiger partial charge >= 0.3 is 12.1 Å². The zero-order chi connectivity index (χ0) is 23.0. The average Bonchev–Trinajstić information content (AvgIpc) is 2.72. The van der Waals surface area contributed by atoms with Gasteiger partial charge in [-0.2, -0.15) is 13.2 Å². The number of sulfone groups is 1. The van der Waals surface area contributed by atoms with Gasteiger partial charge in [0.2, 0.25) is 0 Å². The fourth-order valence-corrected chi connectivity index (χ4v) is 5.56. The maximum atomic E-state index is 13.2. The molecule has 0 aliphatic heterocycles. The first-order chi connectivity index (χ1) is 14.4. The van der Waals surface area contributed by atoms with Crippen molar-refractivity contribution in [2.24, 2.45) is 0 Å². The molecule has 0 N–H and O–H groups in total. The Labute approximate surface area is 184 Å². The molecule has 1 aromatic heterocycles. The van der Waals surface area contributed by atoms with Crippen LogP contribution in [0.3, 0.4) is 0 Å². The van der Waals surface area contributed by atoms with E-state index < -0.39 is 43.7 Å². The normalized spacial score (nSPS) is 19.3. The van der Waals surface area contributed by atoms with Crippen LogP contribution < -0.4 is 0 Å². The van der Waals surface area contributed by atoms with Crippen LogP contribution in [-0.2, 0) is 25.5 Å². The topological polar surface area (TPSA) is 90.4 Å². The number of aromatic nitrogens is 1. The maximum absolute atomic E-state index is 13.2. The molecule has 1 heterocycles. The minimum atomic E-state index is -4.71. The average molecular weight is 518 g/mol. The van der Waals surface area contributed by atoms with Gasteiger partial charge in [0.05, 0.1) is 22.8 Å². The van der Waals surface area contributed by atoms with Gasteiger partial charge in [0.25, 0.3) is 0 Å². The van der Waals surface area contributed by atoms with E-state index in [0.717, 1.165) is 12.1 Å². The van der Waals surface area contributed by atoms with Gasteiger partial charge < -0.3 is 4.74 Å². The number of hydrogen-bond acceptors (Lipinski definition) is 6. The van der Waals surface area contributed by atoms with Crippen molar-refractivity contribution in [2.75, 3.05) is 7.11 Å². The maximum Gasteiger partial charge on any atom is 0.433 e. The van der Waals surface area contributed by atoms with Gasteiger partial charge in [0, 0.05) is 23.0 Å². The molecular weight excluding hydrogens is 503 g/mol. The second-order valence-electron chi connectivity index (χ2n) is 6.75. The van der Waals surface area contributed by atoms with Crippen molar-refractivity contribution in [2.45, 2.75) is 28.7 Å². The van der Waals surface area contributed by atoms with Crippen LogP contribution in [0.5, 0.6) is 0 Å². The summed E-state index contributed by atoms with van der Waals surface area (Å²) in [5.41, 5.74) is -0.671. The summed E-state index contributed by atoms with van der Waals surface area (Å²) in [5.74, 6) is -1.85. The standard InChI is InChI=1S/C20H15BrF3NO5S/c1-30-19(27)11-2-5-16(21)14(8-11)15-9-12(26)3-6-17(15)31(28,29)13-4-7-18(25-10-13)20(22,23)24/h2-8,10,15,17H,9H2,1H3. The van der Waals surface area contributed by atoms with E-state index in [0.29, 0.717) is 22.3 Å². The highest BCUT2D eigenvalue weighted by molar-refractivity contribution is 9.10. The van der Waals surface area contributed by atoms with Crippen LogP contribution in [-0.4, -0.2) is 37.5 Å². The second-order valence-corrected chi connectivity index (χ2v) is 9.71. The van der Waals surface area contributed by atoms with Gasteiger partial charge in [-0.3, -0.25) is 9.78 Å². The number of allylic oxidation sites excluding steroid dienone is 1. The lowest BCUT2D eigenvalue weighted by molar-refractivity contribution is -0.141. The number of halogens is 4. The Morgan fingerprint density at radius 2 is 1.94 bits per heavy atom. The van der Waals surface area contributed by atoms with Gasteiger partial charge in [0.15, 0.2) is 15.6 Å². The summed E-state index contributed by atoms with van der Waals surface area (Å²) in [4.78, 5) is 26.8. The van der Waals surface area contributed by atoms with Crippen LogP contribution in [0.1, 0.15) is 34.0 Å². The molecule has 0 bridgehead atoms. The Bertz CT molecular complexity index is 1160. The summed E-state index contributed by atoms with van der Waals surface area (Å²) in [6, 6.07) is 5.87. The molecule has 0 saturated carbocycles. The zero-order valence-electron chi connectivity index (χ0n) is 15.9. The van der Waals surface area contributed by atoms with Crippen molar-refractivity contribution in [3.8, 4) is 0 Å². The van der Waals surface area contributed by atoms with Gasteiger partial charge in [-0.25, -0.2) is 13.2 Å².